The van der Waals surface area contributed by atoms with Crippen molar-refractivity contribution in [3.8, 4) is 28.7 Å². The molecule has 150 valence electrons. The zero-order valence-corrected chi connectivity index (χ0v) is 16.4. The number of amides is 1. The van der Waals surface area contributed by atoms with Gasteiger partial charge in [0, 0.05) is 12.1 Å². The molecule has 1 N–H and O–H groups in total. The number of rotatable bonds is 8. The summed E-state index contributed by atoms with van der Waals surface area (Å²) >= 11 is 0. The van der Waals surface area contributed by atoms with Crippen LogP contribution >= 0.6 is 0 Å². The van der Waals surface area contributed by atoms with Crippen molar-refractivity contribution >= 4 is 5.91 Å². The molecular weight excluding hydrogens is 362 g/mol. The van der Waals surface area contributed by atoms with Crippen molar-refractivity contribution in [1.82, 2.24) is 5.32 Å². The Hall–Kier alpha value is -3.09. The summed E-state index contributed by atoms with van der Waals surface area (Å²) in [6.45, 7) is 1.65. The van der Waals surface area contributed by atoms with Crippen LogP contribution < -0.4 is 29.0 Å². The fraction of sp³-hybridized carbons (Fsp3) is 0.381. The molecule has 1 aliphatic heterocycles. The van der Waals surface area contributed by atoms with E-state index in [1.54, 1.807) is 26.4 Å². The molecule has 0 atom stereocenters. The summed E-state index contributed by atoms with van der Waals surface area (Å²) in [5.41, 5.74) is 1.81. The molecule has 28 heavy (non-hydrogen) atoms. The molecular formula is C21H25NO6. The van der Waals surface area contributed by atoms with Crippen LogP contribution in [0.3, 0.4) is 0 Å². The van der Waals surface area contributed by atoms with Crippen LogP contribution in [0.4, 0.5) is 0 Å². The van der Waals surface area contributed by atoms with E-state index in [1.807, 2.05) is 18.2 Å². The monoisotopic (exact) mass is 387 g/mol. The molecule has 0 bridgehead atoms. The summed E-state index contributed by atoms with van der Waals surface area (Å²) in [5, 5.41) is 2.94. The third-order valence-electron chi connectivity index (χ3n) is 4.48. The molecule has 0 unspecified atom stereocenters. The summed E-state index contributed by atoms with van der Waals surface area (Å²) in [7, 11) is 4.64. The van der Waals surface area contributed by atoms with Crippen molar-refractivity contribution in [3.05, 3.63) is 41.5 Å². The number of hydrogen-bond donors (Lipinski definition) is 1. The Kier molecular flexibility index (Phi) is 6.47. The SMILES string of the molecule is COc1ccc(CC(=O)NCCc2ccc3c(c2)OCCO3)c(OC)c1OC. The molecule has 0 radical (unpaired) electrons. The molecule has 3 rings (SSSR count). The second kappa shape index (κ2) is 9.21. The van der Waals surface area contributed by atoms with Crippen LogP contribution in [0.1, 0.15) is 11.1 Å². The van der Waals surface area contributed by atoms with Crippen molar-refractivity contribution in [3.63, 3.8) is 0 Å². The first-order chi connectivity index (χ1) is 13.7. The van der Waals surface area contributed by atoms with Crippen molar-refractivity contribution in [2.75, 3.05) is 41.1 Å². The lowest BCUT2D eigenvalue weighted by Crippen LogP contribution is -2.27. The van der Waals surface area contributed by atoms with Gasteiger partial charge >= 0.3 is 0 Å². The number of hydrogen-bond acceptors (Lipinski definition) is 6. The van der Waals surface area contributed by atoms with Crippen molar-refractivity contribution in [1.29, 1.82) is 0 Å². The van der Waals surface area contributed by atoms with Gasteiger partial charge in [-0.05, 0) is 30.2 Å². The van der Waals surface area contributed by atoms with Crippen LogP contribution in [0.5, 0.6) is 28.7 Å². The number of nitrogens with one attached hydrogen (secondary N) is 1. The zero-order chi connectivity index (χ0) is 19.9. The van der Waals surface area contributed by atoms with Crippen molar-refractivity contribution < 1.29 is 28.5 Å². The predicted octanol–water partition coefficient (Wildman–Crippen LogP) is 2.39. The van der Waals surface area contributed by atoms with Crippen molar-refractivity contribution in [2.45, 2.75) is 12.8 Å². The summed E-state index contributed by atoms with van der Waals surface area (Å²) in [6.07, 6.45) is 0.885. The van der Waals surface area contributed by atoms with E-state index in [1.165, 1.54) is 7.11 Å². The van der Waals surface area contributed by atoms with E-state index in [0.29, 0.717) is 43.4 Å². The fourth-order valence-corrected chi connectivity index (χ4v) is 3.13. The van der Waals surface area contributed by atoms with Crippen LogP contribution in [0.25, 0.3) is 0 Å². The molecule has 0 aromatic heterocycles. The number of carbonyl (C=O) groups is 1. The van der Waals surface area contributed by atoms with Crippen LogP contribution in [-0.2, 0) is 17.6 Å². The van der Waals surface area contributed by atoms with Gasteiger partial charge in [-0.15, -0.1) is 0 Å². The largest absolute Gasteiger partial charge is 0.493 e. The lowest BCUT2D eigenvalue weighted by molar-refractivity contribution is -0.120. The number of ether oxygens (including phenoxy) is 5. The third kappa shape index (κ3) is 4.42. The molecule has 1 aliphatic rings. The van der Waals surface area contributed by atoms with E-state index in [-0.39, 0.29) is 12.3 Å². The van der Waals surface area contributed by atoms with Gasteiger partial charge in [0.2, 0.25) is 11.7 Å². The molecule has 7 heteroatoms. The van der Waals surface area contributed by atoms with Crippen LogP contribution in [0.15, 0.2) is 30.3 Å². The summed E-state index contributed by atoms with van der Waals surface area (Å²) < 4.78 is 27.2. The zero-order valence-electron chi connectivity index (χ0n) is 16.4. The van der Waals surface area contributed by atoms with Gasteiger partial charge in [-0.25, -0.2) is 0 Å². The Balaban J connectivity index is 1.57. The molecule has 2 aromatic rings. The quantitative estimate of drug-likeness (QED) is 0.750. The third-order valence-corrected chi connectivity index (χ3v) is 4.48. The van der Waals surface area contributed by atoms with Gasteiger partial charge < -0.3 is 29.0 Å². The molecule has 1 heterocycles. The first-order valence-corrected chi connectivity index (χ1v) is 9.09. The normalized spacial score (nSPS) is 12.2. The molecule has 7 nitrogen and oxygen atoms in total. The van der Waals surface area contributed by atoms with Gasteiger partial charge in [-0.3, -0.25) is 4.79 Å². The second-order valence-electron chi connectivity index (χ2n) is 6.25. The Bertz CT molecular complexity index is 836. The smallest absolute Gasteiger partial charge is 0.224 e. The molecule has 0 saturated heterocycles. The van der Waals surface area contributed by atoms with Gasteiger partial charge in [-0.2, -0.15) is 0 Å². The van der Waals surface area contributed by atoms with Crippen LogP contribution in [0, 0.1) is 0 Å². The maximum absolute atomic E-state index is 12.4. The van der Waals surface area contributed by atoms with E-state index in [9.17, 15) is 4.79 Å². The Labute approximate surface area is 164 Å². The first-order valence-electron chi connectivity index (χ1n) is 9.09. The van der Waals surface area contributed by atoms with Gasteiger partial charge in [0.05, 0.1) is 27.8 Å². The van der Waals surface area contributed by atoms with Gasteiger partial charge in [0.25, 0.3) is 0 Å². The van der Waals surface area contributed by atoms with Gasteiger partial charge in [0.15, 0.2) is 23.0 Å². The lowest BCUT2D eigenvalue weighted by atomic mass is 10.1. The van der Waals surface area contributed by atoms with Gasteiger partial charge in [-0.1, -0.05) is 12.1 Å². The maximum Gasteiger partial charge on any atom is 0.224 e. The molecule has 1 amide bonds. The summed E-state index contributed by atoms with van der Waals surface area (Å²) in [6, 6.07) is 9.41. The predicted molar refractivity (Wildman–Crippen MR) is 104 cm³/mol. The minimum absolute atomic E-state index is 0.0944. The van der Waals surface area contributed by atoms with Crippen LogP contribution in [0.2, 0.25) is 0 Å². The van der Waals surface area contributed by atoms with E-state index in [4.69, 9.17) is 23.7 Å². The number of methoxy groups -OCH3 is 3. The number of benzene rings is 2. The Morgan fingerprint density at radius 1 is 0.964 bits per heavy atom. The fourth-order valence-electron chi connectivity index (χ4n) is 3.13. The lowest BCUT2D eigenvalue weighted by Gasteiger charge is -2.19. The average Bonchev–Trinajstić information content (AvgIpc) is 2.73. The van der Waals surface area contributed by atoms with E-state index in [2.05, 4.69) is 5.32 Å². The topological polar surface area (TPSA) is 75.3 Å². The minimum Gasteiger partial charge on any atom is -0.493 e. The van der Waals surface area contributed by atoms with Crippen molar-refractivity contribution in [2.24, 2.45) is 0 Å². The molecule has 2 aromatic carbocycles. The highest BCUT2D eigenvalue weighted by molar-refractivity contribution is 5.80. The second-order valence-corrected chi connectivity index (χ2v) is 6.25. The summed E-state index contributed by atoms with van der Waals surface area (Å²) in [5.74, 6) is 2.96. The standard InChI is InChI=1S/C21H25NO6/c1-24-17-7-5-15(20(25-2)21(17)26-3)13-19(23)22-9-8-14-4-6-16-18(12-14)28-11-10-27-16/h4-7,12H,8-11,13H2,1-3H3,(H,22,23). The minimum atomic E-state index is -0.0944. The molecule has 0 saturated carbocycles. The van der Waals surface area contributed by atoms with E-state index >= 15 is 0 Å². The highest BCUT2D eigenvalue weighted by atomic mass is 16.6. The highest BCUT2D eigenvalue weighted by Gasteiger charge is 2.18. The molecule has 0 aliphatic carbocycles. The molecule has 0 fully saturated rings. The first kappa shape index (κ1) is 19.7. The van der Waals surface area contributed by atoms with Gasteiger partial charge in [0.1, 0.15) is 13.2 Å². The summed E-state index contributed by atoms with van der Waals surface area (Å²) in [4.78, 5) is 12.4. The Morgan fingerprint density at radius 3 is 2.43 bits per heavy atom. The van der Waals surface area contributed by atoms with E-state index < -0.39 is 0 Å². The number of carbonyl (C=O) groups excluding carboxylic acids is 1. The Morgan fingerprint density at radius 2 is 1.71 bits per heavy atom. The highest BCUT2D eigenvalue weighted by Crippen LogP contribution is 2.39. The maximum atomic E-state index is 12.4. The average molecular weight is 387 g/mol. The number of fused-ring (bicyclic) bond motifs is 1. The van der Waals surface area contributed by atoms with Crippen LogP contribution in [-0.4, -0.2) is 47.0 Å². The molecule has 0 spiro atoms. The van der Waals surface area contributed by atoms with E-state index in [0.717, 1.165) is 22.6 Å².